The van der Waals surface area contributed by atoms with Gasteiger partial charge >= 0.3 is 0 Å². The molecule has 126 valence electrons. The van der Waals surface area contributed by atoms with E-state index in [1.165, 1.54) is 4.31 Å². The van der Waals surface area contributed by atoms with Gasteiger partial charge in [0.05, 0.1) is 4.90 Å². The van der Waals surface area contributed by atoms with Crippen molar-refractivity contribution in [1.82, 2.24) is 9.62 Å². The summed E-state index contributed by atoms with van der Waals surface area (Å²) < 4.78 is 27.3. The quantitative estimate of drug-likeness (QED) is 0.847. The number of amides is 1. The molecule has 5 nitrogen and oxygen atoms in total. The maximum absolute atomic E-state index is 13.0. The summed E-state index contributed by atoms with van der Waals surface area (Å²) in [6.45, 7) is 4.25. The Kier molecular flexibility index (Phi) is 4.69. The summed E-state index contributed by atoms with van der Waals surface area (Å²) in [7, 11) is -3.70. The van der Waals surface area contributed by atoms with Gasteiger partial charge in [0, 0.05) is 13.1 Å². The molecule has 1 N–H and O–H groups in total. The van der Waals surface area contributed by atoms with E-state index < -0.39 is 16.1 Å². The number of nitrogens with zero attached hydrogens (tertiary/aromatic N) is 1. The van der Waals surface area contributed by atoms with Crippen LogP contribution in [0.15, 0.2) is 60.0 Å². The Labute approximate surface area is 142 Å². The lowest BCUT2D eigenvalue weighted by molar-refractivity contribution is -0.123. The van der Waals surface area contributed by atoms with E-state index >= 15 is 0 Å². The lowest BCUT2D eigenvalue weighted by Crippen LogP contribution is -2.45. The second-order valence-electron chi connectivity index (χ2n) is 5.82. The lowest BCUT2D eigenvalue weighted by Gasteiger charge is -2.23. The van der Waals surface area contributed by atoms with Crippen molar-refractivity contribution >= 4 is 26.7 Å². The van der Waals surface area contributed by atoms with Crippen LogP contribution in [0.5, 0.6) is 0 Å². The van der Waals surface area contributed by atoms with Crippen molar-refractivity contribution in [3.63, 3.8) is 0 Å². The van der Waals surface area contributed by atoms with Crippen LogP contribution in [0.2, 0.25) is 0 Å². The summed E-state index contributed by atoms with van der Waals surface area (Å²) in [6.07, 6.45) is 2.80. The molecule has 1 fully saturated rings. The van der Waals surface area contributed by atoms with E-state index in [9.17, 15) is 13.2 Å². The maximum Gasteiger partial charge on any atom is 0.243 e. The van der Waals surface area contributed by atoms with Crippen molar-refractivity contribution in [2.45, 2.75) is 23.8 Å². The predicted molar refractivity (Wildman–Crippen MR) is 94.1 cm³/mol. The fourth-order valence-corrected chi connectivity index (χ4v) is 4.74. The topological polar surface area (TPSA) is 66.5 Å². The third-order valence-electron chi connectivity index (χ3n) is 4.25. The molecule has 1 aliphatic rings. The summed E-state index contributed by atoms with van der Waals surface area (Å²) >= 11 is 0. The number of benzene rings is 2. The minimum Gasteiger partial charge on any atom is -0.351 e. The molecule has 6 heteroatoms. The minimum atomic E-state index is -3.70. The Morgan fingerprint density at radius 1 is 1.25 bits per heavy atom. The van der Waals surface area contributed by atoms with Gasteiger partial charge in [-0.15, -0.1) is 6.58 Å². The molecule has 3 rings (SSSR count). The molecule has 0 saturated carbocycles. The minimum absolute atomic E-state index is 0.227. The van der Waals surface area contributed by atoms with Gasteiger partial charge in [0.25, 0.3) is 0 Å². The molecule has 0 radical (unpaired) electrons. The van der Waals surface area contributed by atoms with Crippen molar-refractivity contribution in [3.05, 3.63) is 55.1 Å². The standard InChI is InChI=1S/C18H20N2O3S/c1-2-11-19-18(21)17-8-5-12-20(17)24(22,23)16-10-9-14-6-3-4-7-15(14)13-16/h2-4,6-7,9-10,13,17H,1,5,8,11-12H2,(H,19,21)/t17-/m1/s1. The number of carbonyl (C=O) groups is 1. The molecule has 0 spiro atoms. The second-order valence-corrected chi connectivity index (χ2v) is 7.71. The SMILES string of the molecule is C=CCNC(=O)[C@H]1CCCN1S(=O)(=O)c1ccc2ccccc2c1. The molecule has 2 aromatic carbocycles. The van der Waals surface area contributed by atoms with E-state index in [2.05, 4.69) is 11.9 Å². The van der Waals surface area contributed by atoms with Crippen LogP contribution < -0.4 is 5.32 Å². The number of sulfonamides is 1. The molecular formula is C18H20N2O3S. The summed E-state index contributed by atoms with van der Waals surface area (Å²) in [5, 5.41) is 4.54. The summed E-state index contributed by atoms with van der Waals surface area (Å²) in [5.74, 6) is -0.267. The zero-order valence-electron chi connectivity index (χ0n) is 13.3. The molecule has 2 aromatic rings. The van der Waals surface area contributed by atoms with Gasteiger partial charge in [-0.3, -0.25) is 4.79 Å². The van der Waals surface area contributed by atoms with E-state index in [-0.39, 0.29) is 10.8 Å². The van der Waals surface area contributed by atoms with E-state index in [1.807, 2.05) is 24.3 Å². The molecule has 1 atom stereocenters. The van der Waals surface area contributed by atoms with Crippen molar-refractivity contribution in [2.75, 3.05) is 13.1 Å². The van der Waals surface area contributed by atoms with Crippen LogP contribution in [0.25, 0.3) is 10.8 Å². The van der Waals surface area contributed by atoms with Gasteiger partial charge in [-0.25, -0.2) is 8.42 Å². The van der Waals surface area contributed by atoms with Crippen LogP contribution in [0.1, 0.15) is 12.8 Å². The van der Waals surface area contributed by atoms with E-state index in [1.54, 1.807) is 24.3 Å². The molecule has 24 heavy (non-hydrogen) atoms. The Hall–Kier alpha value is -2.18. The zero-order valence-corrected chi connectivity index (χ0v) is 14.1. The van der Waals surface area contributed by atoms with Crippen LogP contribution in [-0.4, -0.2) is 37.8 Å². The summed E-state index contributed by atoms with van der Waals surface area (Å²) in [4.78, 5) is 12.5. The van der Waals surface area contributed by atoms with Gasteiger partial charge in [-0.05, 0) is 35.7 Å². The molecule has 0 bridgehead atoms. The molecule has 0 aromatic heterocycles. The van der Waals surface area contributed by atoms with Crippen LogP contribution in [0.4, 0.5) is 0 Å². The number of fused-ring (bicyclic) bond motifs is 1. The first kappa shape index (κ1) is 16.7. The molecule has 0 aliphatic carbocycles. The fourth-order valence-electron chi connectivity index (χ4n) is 3.04. The highest BCUT2D eigenvalue weighted by Crippen LogP contribution is 2.28. The average molecular weight is 344 g/mol. The van der Waals surface area contributed by atoms with Gasteiger partial charge in [0.15, 0.2) is 0 Å². The van der Waals surface area contributed by atoms with Gasteiger partial charge in [-0.1, -0.05) is 36.4 Å². The number of carbonyl (C=O) groups excluding carboxylic acids is 1. The number of nitrogens with one attached hydrogen (secondary N) is 1. The van der Waals surface area contributed by atoms with Crippen LogP contribution in [0, 0.1) is 0 Å². The van der Waals surface area contributed by atoms with Crippen molar-refractivity contribution < 1.29 is 13.2 Å². The third kappa shape index (κ3) is 3.07. The normalized spacial score (nSPS) is 18.6. The molecule has 1 heterocycles. The Balaban J connectivity index is 1.92. The maximum atomic E-state index is 13.0. The van der Waals surface area contributed by atoms with E-state index in [0.717, 1.165) is 10.8 Å². The molecular weight excluding hydrogens is 324 g/mol. The second kappa shape index (κ2) is 6.75. The molecule has 1 saturated heterocycles. The highest BCUT2D eigenvalue weighted by Gasteiger charge is 2.39. The van der Waals surface area contributed by atoms with Crippen LogP contribution in [0.3, 0.4) is 0 Å². The largest absolute Gasteiger partial charge is 0.351 e. The van der Waals surface area contributed by atoms with Crippen LogP contribution >= 0.6 is 0 Å². The predicted octanol–water partition coefficient (Wildman–Crippen LogP) is 2.30. The van der Waals surface area contributed by atoms with Gasteiger partial charge < -0.3 is 5.32 Å². The first-order valence-electron chi connectivity index (χ1n) is 7.93. The molecule has 1 aliphatic heterocycles. The highest BCUT2D eigenvalue weighted by molar-refractivity contribution is 7.89. The first-order valence-corrected chi connectivity index (χ1v) is 9.37. The molecule has 1 amide bonds. The Bertz CT molecular complexity index is 877. The smallest absolute Gasteiger partial charge is 0.243 e. The van der Waals surface area contributed by atoms with E-state index in [0.29, 0.717) is 25.9 Å². The summed E-state index contributed by atoms with van der Waals surface area (Å²) in [5.41, 5.74) is 0. The van der Waals surface area contributed by atoms with Gasteiger partial charge in [-0.2, -0.15) is 4.31 Å². The van der Waals surface area contributed by atoms with Crippen molar-refractivity contribution in [2.24, 2.45) is 0 Å². The number of rotatable bonds is 5. The van der Waals surface area contributed by atoms with Gasteiger partial charge in [0.2, 0.25) is 15.9 Å². The van der Waals surface area contributed by atoms with Crippen molar-refractivity contribution in [3.8, 4) is 0 Å². The lowest BCUT2D eigenvalue weighted by atomic mass is 10.1. The van der Waals surface area contributed by atoms with Crippen molar-refractivity contribution in [1.29, 1.82) is 0 Å². The highest BCUT2D eigenvalue weighted by atomic mass is 32.2. The van der Waals surface area contributed by atoms with Crippen LogP contribution in [-0.2, 0) is 14.8 Å². The fraction of sp³-hybridized carbons (Fsp3) is 0.278. The first-order chi connectivity index (χ1) is 11.5. The van der Waals surface area contributed by atoms with Gasteiger partial charge in [0.1, 0.15) is 6.04 Å². The monoisotopic (exact) mass is 344 g/mol. The number of hydrogen-bond acceptors (Lipinski definition) is 3. The Morgan fingerprint density at radius 2 is 2.00 bits per heavy atom. The third-order valence-corrected chi connectivity index (χ3v) is 6.16. The molecule has 0 unspecified atom stereocenters. The van der Waals surface area contributed by atoms with E-state index in [4.69, 9.17) is 0 Å². The Morgan fingerprint density at radius 3 is 2.75 bits per heavy atom. The average Bonchev–Trinajstić information content (AvgIpc) is 3.10. The zero-order chi connectivity index (χ0) is 17.2. The summed E-state index contributed by atoms with van der Waals surface area (Å²) in [6, 6.07) is 12.0. The number of hydrogen-bond donors (Lipinski definition) is 1.